The first-order valence-corrected chi connectivity index (χ1v) is 11.2. The van der Waals surface area contributed by atoms with Crippen molar-refractivity contribution in [3.05, 3.63) is 77.9 Å². The Bertz CT molecular complexity index is 1150. The summed E-state index contributed by atoms with van der Waals surface area (Å²) >= 11 is 0. The van der Waals surface area contributed by atoms with Crippen molar-refractivity contribution in [3.8, 4) is 0 Å². The number of hydrogen-bond acceptors (Lipinski definition) is 7. The number of carbonyl (C=O) groups is 1. The Balaban J connectivity index is 1.39. The molecule has 3 aromatic carbocycles. The number of ether oxygens (including phenoxy) is 1. The third kappa shape index (κ3) is 5.88. The van der Waals surface area contributed by atoms with Crippen LogP contribution in [0.2, 0.25) is 0 Å². The first kappa shape index (κ1) is 22.3. The van der Waals surface area contributed by atoms with E-state index in [4.69, 9.17) is 4.74 Å². The van der Waals surface area contributed by atoms with Crippen LogP contribution in [0.15, 0.2) is 87.2 Å². The van der Waals surface area contributed by atoms with Crippen molar-refractivity contribution in [1.82, 2.24) is 0 Å². The summed E-state index contributed by atoms with van der Waals surface area (Å²) in [5.41, 5.74) is 5.67. The van der Waals surface area contributed by atoms with Gasteiger partial charge in [0.25, 0.3) is 0 Å². The van der Waals surface area contributed by atoms with Crippen molar-refractivity contribution in [3.63, 3.8) is 0 Å². The molecule has 0 spiro atoms. The van der Waals surface area contributed by atoms with Crippen LogP contribution in [0.5, 0.6) is 0 Å². The third-order valence-electron chi connectivity index (χ3n) is 5.43. The van der Waals surface area contributed by atoms with Crippen molar-refractivity contribution in [2.75, 3.05) is 24.6 Å². The fourth-order valence-electron chi connectivity index (χ4n) is 3.63. The maximum Gasteiger partial charge on any atom is 0.338 e. The number of hydrogen-bond donors (Lipinski definition) is 0. The van der Waals surface area contributed by atoms with E-state index >= 15 is 0 Å². The molecule has 0 aromatic heterocycles. The quantitative estimate of drug-likeness (QED) is 0.280. The lowest BCUT2D eigenvalue weighted by atomic mass is 10.2. The van der Waals surface area contributed by atoms with Gasteiger partial charge in [0, 0.05) is 18.8 Å². The Kier molecular flexibility index (Phi) is 7.19. The van der Waals surface area contributed by atoms with Crippen molar-refractivity contribution in [2.24, 2.45) is 20.5 Å². The minimum Gasteiger partial charge on any atom is -0.462 e. The lowest BCUT2D eigenvalue weighted by molar-refractivity contribution is 0.0526. The standard InChI is InChI=1S/C26H27N5O2/c1-3-33-26(32)20-6-8-21(9-7-20)28-30-25-15-12-23(18-19(25)2)29-27-22-10-13-24(14-11-22)31-16-4-5-17-31/h6-15,18H,3-5,16-17H2,1-2H3. The summed E-state index contributed by atoms with van der Waals surface area (Å²) in [6.07, 6.45) is 2.52. The highest BCUT2D eigenvalue weighted by Gasteiger charge is 2.11. The molecule has 0 saturated carbocycles. The highest BCUT2D eigenvalue weighted by molar-refractivity contribution is 5.89. The molecule has 7 heteroatoms. The van der Waals surface area contributed by atoms with Gasteiger partial charge in [-0.15, -0.1) is 0 Å². The Morgan fingerprint density at radius 1 is 0.818 bits per heavy atom. The van der Waals surface area contributed by atoms with Crippen LogP contribution >= 0.6 is 0 Å². The van der Waals surface area contributed by atoms with Gasteiger partial charge < -0.3 is 9.64 Å². The van der Waals surface area contributed by atoms with Gasteiger partial charge in [-0.05, 0) is 99.0 Å². The second-order valence-electron chi connectivity index (χ2n) is 7.85. The van der Waals surface area contributed by atoms with Crippen LogP contribution in [0.3, 0.4) is 0 Å². The average molecular weight is 442 g/mol. The van der Waals surface area contributed by atoms with Gasteiger partial charge >= 0.3 is 5.97 Å². The molecule has 1 aliphatic heterocycles. The van der Waals surface area contributed by atoms with Gasteiger partial charge in [-0.1, -0.05) is 0 Å². The molecule has 0 unspecified atom stereocenters. The fraction of sp³-hybridized carbons (Fsp3) is 0.269. The molecule has 0 atom stereocenters. The minimum absolute atomic E-state index is 0.343. The minimum atomic E-state index is -0.343. The molecule has 0 aliphatic carbocycles. The second-order valence-corrected chi connectivity index (χ2v) is 7.85. The zero-order valence-corrected chi connectivity index (χ0v) is 18.9. The molecule has 7 nitrogen and oxygen atoms in total. The third-order valence-corrected chi connectivity index (χ3v) is 5.43. The van der Waals surface area contributed by atoms with Crippen LogP contribution in [0.4, 0.5) is 28.4 Å². The number of rotatable bonds is 7. The first-order valence-electron chi connectivity index (χ1n) is 11.2. The van der Waals surface area contributed by atoms with Crippen LogP contribution in [-0.2, 0) is 4.74 Å². The van der Waals surface area contributed by atoms with Crippen molar-refractivity contribution in [2.45, 2.75) is 26.7 Å². The van der Waals surface area contributed by atoms with Crippen molar-refractivity contribution < 1.29 is 9.53 Å². The van der Waals surface area contributed by atoms with Crippen LogP contribution in [0.25, 0.3) is 0 Å². The summed E-state index contributed by atoms with van der Waals surface area (Å²) in [4.78, 5) is 14.1. The Morgan fingerprint density at radius 2 is 1.39 bits per heavy atom. The first-order chi connectivity index (χ1) is 16.1. The number of aryl methyl sites for hydroxylation is 1. The maximum absolute atomic E-state index is 11.7. The molecule has 1 heterocycles. The number of benzene rings is 3. The summed E-state index contributed by atoms with van der Waals surface area (Å²) in [5.74, 6) is -0.343. The number of azo groups is 2. The monoisotopic (exact) mass is 441 g/mol. The van der Waals surface area contributed by atoms with Gasteiger partial charge in [0.15, 0.2) is 0 Å². The van der Waals surface area contributed by atoms with Gasteiger partial charge in [-0.25, -0.2) is 4.79 Å². The van der Waals surface area contributed by atoms with Gasteiger partial charge in [0.1, 0.15) is 0 Å². The van der Waals surface area contributed by atoms with E-state index in [0.29, 0.717) is 17.9 Å². The van der Waals surface area contributed by atoms with Gasteiger partial charge in [0.05, 0.1) is 34.9 Å². The topological polar surface area (TPSA) is 79.0 Å². The summed E-state index contributed by atoms with van der Waals surface area (Å²) in [6, 6.07) is 20.7. The molecule has 0 radical (unpaired) electrons. The highest BCUT2D eigenvalue weighted by Crippen LogP contribution is 2.28. The molecule has 1 aliphatic rings. The lowest BCUT2D eigenvalue weighted by Gasteiger charge is -2.17. The Morgan fingerprint density at radius 3 is 2.03 bits per heavy atom. The fourth-order valence-corrected chi connectivity index (χ4v) is 3.63. The van der Waals surface area contributed by atoms with E-state index in [0.717, 1.165) is 35.7 Å². The number of esters is 1. The van der Waals surface area contributed by atoms with Crippen molar-refractivity contribution >= 4 is 34.4 Å². The second kappa shape index (κ2) is 10.6. The highest BCUT2D eigenvalue weighted by atomic mass is 16.5. The summed E-state index contributed by atoms with van der Waals surface area (Å²) in [5, 5.41) is 17.3. The van der Waals surface area contributed by atoms with Crippen LogP contribution in [0.1, 0.15) is 35.7 Å². The SMILES string of the molecule is CCOC(=O)c1ccc(N=Nc2ccc(N=Nc3ccc(N4CCCC4)cc3)cc2C)cc1. The van der Waals surface area contributed by atoms with E-state index in [9.17, 15) is 4.79 Å². The van der Waals surface area contributed by atoms with Gasteiger partial charge in [-0.2, -0.15) is 20.5 Å². The molecule has 0 N–H and O–H groups in total. The molecule has 1 fully saturated rings. The molecule has 4 rings (SSSR count). The number of carbonyl (C=O) groups excluding carboxylic acids is 1. The lowest BCUT2D eigenvalue weighted by Crippen LogP contribution is -2.17. The van der Waals surface area contributed by atoms with E-state index in [1.54, 1.807) is 31.2 Å². The van der Waals surface area contributed by atoms with Crippen LogP contribution < -0.4 is 4.90 Å². The van der Waals surface area contributed by atoms with Crippen LogP contribution in [0, 0.1) is 6.92 Å². The molecule has 33 heavy (non-hydrogen) atoms. The zero-order valence-electron chi connectivity index (χ0n) is 18.9. The molecule has 0 bridgehead atoms. The summed E-state index contributed by atoms with van der Waals surface area (Å²) in [6.45, 7) is 6.34. The average Bonchev–Trinajstić information content (AvgIpc) is 3.38. The maximum atomic E-state index is 11.7. The Labute approximate surface area is 193 Å². The summed E-state index contributed by atoms with van der Waals surface area (Å²) < 4.78 is 4.99. The predicted molar refractivity (Wildman–Crippen MR) is 130 cm³/mol. The Hall–Kier alpha value is -3.87. The van der Waals surface area contributed by atoms with Crippen molar-refractivity contribution in [1.29, 1.82) is 0 Å². The normalized spacial score (nSPS) is 13.8. The number of nitrogens with zero attached hydrogens (tertiary/aromatic N) is 5. The predicted octanol–water partition coefficient (Wildman–Crippen LogP) is 7.60. The molecule has 168 valence electrons. The van der Waals surface area contributed by atoms with E-state index in [2.05, 4.69) is 37.5 Å². The smallest absolute Gasteiger partial charge is 0.338 e. The van der Waals surface area contributed by atoms with E-state index < -0.39 is 0 Å². The van der Waals surface area contributed by atoms with Crippen LogP contribution in [-0.4, -0.2) is 25.7 Å². The van der Waals surface area contributed by atoms with E-state index in [1.165, 1.54) is 18.5 Å². The van der Waals surface area contributed by atoms with E-state index in [-0.39, 0.29) is 5.97 Å². The number of anilines is 1. The molecule has 0 amide bonds. The molecular formula is C26H27N5O2. The molecule has 1 saturated heterocycles. The van der Waals surface area contributed by atoms with E-state index in [1.807, 2.05) is 37.3 Å². The zero-order chi connectivity index (χ0) is 23.0. The molecular weight excluding hydrogens is 414 g/mol. The van der Waals surface area contributed by atoms with Gasteiger partial charge in [0.2, 0.25) is 0 Å². The summed E-state index contributed by atoms with van der Waals surface area (Å²) in [7, 11) is 0. The molecule has 3 aromatic rings. The van der Waals surface area contributed by atoms with Gasteiger partial charge in [-0.3, -0.25) is 0 Å². The largest absolute Gasteiger partial charge is 0.462 e.